The van der Waals surface area contributed by atoms with Gasteiger partial charge in [0.05, 0.1) is 27.1 Å². The van der Waals surface area contributed by atoms with E-state index >= 15 is 0 Å². The zero-order valence-corrected chi connectivity index (χ0v) is 32.4. The number of H-pyrrole nitrogens is 1. The highest BCUT2D eigenvalue weighted by molar-refractivity contribution is 7.13. The third-order valence-corrected chi connectivity index (χ3v) is 12.6. The Morgan fingerprint density at radius 1 is 1.11 bits per heavy atom. The summed E-state index contributed by atoms with van der Waals surface area (Å²) < 4.78 is 17.6. The molecule has 0 unspecified atom stereocenters. The molecular formula is C40H47N5O8S2. The first-order valence-electron chi connectivity index (χ1n) is 18.5. The molecule has 0 spiro atoms. The molecule has 8 N–H and O–H groups in total. The van der Waals surface area contributed by atoms with Gasteiger partial charge in [0.25, 0.3) is 0 Å². The molecule has 13 nitrogen and oxygen atoms in total. The molecule has 2 atom stereocenters. The van der Waals surface area contributed by atoms with Crippen molar-refractivity contribution in [3.05, 3.63) is 96.1 Å². The number of hydrogen-bond acceptors (Lipinski definition) is 14. The summed E-state index contributed by atoms with van der Waals surface area (Å²) in [5.41, 5.74) is 7.23. The number of aryl methyl sites for hydroxylation is 1. The fraction of sp³-hybridized carbons (Fsp3) is 0.400. The number of pyridine rings is 1. The van der Waals surface area contributed by atoms with Crippen molar-refractivity contribution in [2.75, 3.05) is 44.5 Å². The van der Waals surface area contributed by atoms with E-state index in [4.69, 9.17) is 19.9 Å². The lowest BCUT2D eigenvalue weighted by molar-refractivity contribution is -0.169. The number of phenolic OH excluding ortho intramolecular Hbond substituents is 1. The predicted octanol–water partition coefficient (Wildman–Crippen LogP) is 5.32. The molecule has 0 radical (unpaired) electrons. The topological polar surface area (TPSA) is 192 Å². The average molecular weight is 790 g/mol. The van der Waals surface area contributed by atoms with E-state index in [0.29, 0.717) is 62.7 Å². The molecule has 0 saturated heterocycles. The number of benzene rings is 2. The Hall–Kier alpha value is -4.64. The number of nitrogens with one attached hydrogen (secondary N) is 3. The second kappa shape index (κ2) is 16.6. The Balaban J connectivity index is 0.876. The van der Waals surface area contributed by atoms with Gasteiger partial charge in [0.15, 0.2) is 11.5 Å². The molecule has 55 heavy (non-hydrogen) atoms. The number of carbonyl (C=O) groups excluding carboxylic acids is 1. The van der Waals surface area contributed by atoms with Crippen molar-refractivity contribution in [2.45, 2.75) is 69.4 Å². The van der Waals surface area contributed by atoms with E-state index in [2.05, 4.69) is 27.6 Å². The van der Waals surface area contributed by atoms with Crippen LogP contribution in [0.15, 0.2) is 64.8 Å². The van der Waals surface area contributed by atoms with Crippen LogP contribution in [0.5, 0.6) is 17.2 Å². The number of aliphatic hydroxyl groups is 2. The summed E-state index contributed by atoms with van der Waals surface area (Å²) in [7, 11) is 2.12. The van der Waals surface area contributed by atoms with Crippen LogP contribution < -0.4 is 31.4 Å². The van der Waals surface area contributed by atoms with Crippen LogP contribution in [0.25, 0.3) is 10.9 Å². The number of nitrogen functional groups attached to an aromatic ring is 1. The van der Waals surface area contributed by atoms with Crippen molar-refractivity contribution < 1.29 is 34.3 Å². The number of aliphatic hydroxyl groups excluding tert-OH is 1. The SMILES string of the molecule is Cc1ccc([C@](O)(C(=O)O[C@H]2CC[C@H](N(C)CCCNc3c(N)cc(CNC[C@H](O)c4ccc(O)c5[nH]c(=O)ccc45)c4c3OCO4)CC2)c2cccs2)s1. The smallest absolute Gasteiger partial charge is 0.349 e. The maximum atomic E-state index is 13.5. The summed E-state index contributed by atoms with van der Waals surface area (Å²) in [6, 6.07) is 15.6. The highest BCUT2D eigenvalue weighted by Gasteiger charge is 2.45. The monoisotopic (exact) mass is 789 g/mol. The largest absolute Gasteiger partial charge is 0.506 e. The van der Waals surface area contributed by atoms with Gasteiger partial charge in [-0.1, -0.05) is 12.1 Å². The minimum atomic E-state index is -1.80. The first-order valence-corrected chi connectivity index (χ1v) is 20.2. The predicted molar refractivity (Wildman–Crippen MR) is 214 cm³/mol. The van der Waals surface area contributed by atoms with E-state index in [9.17, 15) is 24.9 Å². The maximum Gasteiger partial charge on any atom is 0.349 e. The van der Waals surface area contributed by atoms with Crippen LogP contribution in [0.1, 0.15) is 64.0 Å². The van der Waals surface area contributed by atoms with Crippen LogP contribution in [-0.2, 0) is 21.7 Å². The van der Waals surface area contributed by atoms with Gasteiger partial charge >= 0.3 is 5.97 Å². The van der Waals surface area contributed by atoms with Crippen molar-refractivity contribution in [3.63, 3.8) is 0 Å². The first-order chi connectivity index (χ1) is 26.5. The molecule has 5 aromatic rings. The Morgan fingerprint density at radius 3 is 2.65 bits per heavy atom. The number of phenols is 1. The zero-order valence-electron chi connectivity index (χ0n) is 30.8. The summed E-state index contributed by atoms with van der Waals surface area (Å²) in [6.45, 7) is 4.10. The summed E-state index contributed by atoms with van der Waals surface area (Å²) in [5, 5.41) is 42.0. The van der Waals surface area contributed by atoms with Gasteiger partial charge in [0.1, 0.15) is 17.5 Å². The third-order valence-electron chi connectivity index (χ3n) is 10.5. The summed E-state index contributed by atoms with van der Waals surface area (Å²) in [5.74, 6) is 0.487. The molecule has 1 saturated carbocycles. The highest BCUT2D eigenvalue weighted by Crippen LogP contribution is 2.46. The lowest BCUT2D eigenvalue weighted by Crippen LogP contribution is -2.42. The Labute approximate surface area is 326 Å². The van der Waals surface area contributed by atoms with Crippen LogP contribution in [0.2, 0.25) is 0 Å². The van der Waals surface area contributed by atoms with Crippen LogP contribution >= 0.6 is 22.7 Å². The second-order valence-corrected chi connectivity index (χ2v) is 16.4. The number of hydrogen-bond donors (Lipinski definition) is 7. The van der Waals surface area contributed by atoms with Gasteiger partial charge in [-0.05, 0) is 100.0 Å². The summed E-state index contributed by atoms with van der Waals surface area (Å²) in [6.07, 6.45) is 2.96. The van der Waals surface area contributed by atoms with E-state index in [0.717, 1.165) is 49.1 Å². The lowest BCUT2D eigenvalue weighted by atomic mass is 9.91. The molecule has 1 aliphatic heterocycles. The van der Waals surface area contributed by atoms with Crippen LogP contribution in [0.3, 0.4) is 0 Å². The molecule has 3 aromatic heterocycles. The Kier molecular flexibility index (Phi) is 11.7. The van der Waals surface area contributed by atoms with Gasteiger partial charge < -0.3 is 55.8 Å². The van der Waals surface area contributed by atoms with E-state index in [1.807, 2.05) is 36.6 Å². The molecule has 4 heterocycles. The summed E-state index contributed by atoms with van der Waals surface area (Å²) >= 11 is 2.76. The molecule has 2 aromatic carbocycles. The van der Waals surface area contributed by atoms with Crippen LogP contribution in [-0.4, -0.2) is 76.8 Å². The number of aromatic nitrogens is 1. The van der Waals surface area contributed by atoms with Crippen LogP contribution in [0, 0.1) is 6.92 Å². The number of nitrogens with zero attached hydrogens (tertiary/aromatic N) is 1. The lowest BCUT2D eigenvalue weighted by Gasteiger charge is -2.35. The number of carbonyl (C=O) groups is 1. The van der Waals surface area contributed by atoms with E-state index in [1.165, 1.54) is 34.8 Å². The Morgan fingerprint density at radius 2 is 1.91 bits per heavy atom. The molecule has 1 aliphatic carbocycles. The van der Waals surface area contributed by atoms with Gasteiger partial charge in [-0.15, -0.1) is 22.7 Å². The first kappa shape index (κ1) is 38.6. The van der Waals surface area contributed by atoms with Gasteiger partial charge in [0, 0.05) is 47.6 Å². The van der Waals surface area contributed by atoms with E-state index in [1.54, 1.807) is 18.2 Å². The van der Waals surface area contributed by atoms with Gasteiger partial charge in [-0.25, -0.2) is 4.79 Å². The number of aromatic hydroxyl groups is 1. The number of ether oxygens (including phenoxy) is 3. The summed E-state index contributed by atoms with van der Waals surface area (Å²) in [4.78, 5) is 32.4. The fourth-order valence-corrected chi connectivity index (χ4v) is 9.33. The average Bonchev–Trinajstić information content (AvgIpc) is 3.98. The normalized spacial score (nSPS) is 18.3. The van der Waals surface area contributed by atoms with Crippen molar-refractivity contribution in [1.29, 1.82) is 0 Å². The molecule has 1 fully saturated rings. The molecule has 7 rings (SSSR count). The van der Waals surface area contributed by atoms with Crippen LogP contribution in [0.4, 0.5) is 11.4 Å². The van der Waals surface area contributed by atoms with Crippen molar-refractivity contribution in [1.82, 2.24) is 15.2 Å². The third kappa shape index (κ3) is 8.18. The zero-order chi connectivity index (χ0) is 38.7. The number of anilines is 2. The van der Waals surface area contributed by atoms with Gasteiger partial charge in [-0.2, -0.15) is 0 Å². The fourth-order valence-electron chi connectivity index (χ4n) is 7.48. The molecule has 2 aliphatic rings. The number of esters is 1. The van der Waals surface area contributed by atoms with Crippen molar-refractivity contribution in [2.24, 2.45) is 0 Å². The van der Waals surface area contributed by atoms with E-state index in [-0.39, 0.29) is 36.3 Å². The minimum absolute atomic E-state index is 0.0641. The molecule has 0 bridgehead atoms. The number of aromatic amines is 1. The molecule has 292 valence electrons. The maximum absolute atomic E-state index is 13.5. The molecular weight excluding hydrogens is 743 g/mol. The quantitative estimate of drug-likeness (QED) is 0.0411. The van der Waals surface area contributed by atoms with Gasteiger partial charge in [-0.3, -0.25) is 4.79 Å². The Bertz CT molecular complexity index is 2180. The molecule has 15 heteroatoms. The number of rotatable bonds is 15. The standard InChI is InChI=1S/C40H47N5O8S2/c1-23-6-14-33(55-23)40(50,32-5-3-18-54-32)39(49)53-26-9-7-25(8-10-26)45(2)17-4-16-43-36-29(41)19-24(37-38(36)52-22-51-37)20-42-21-31(47)27-11-13-30(46)35-28(27)12-15-34(48)44-35/h3,5-6,11-15,18-19,25-26,31,42-43,46-47,50H,4,7-10,16-17,20-22,41H2,1-2H3,(H,44,48)/t25-,26-,31-,40-/m0/s1. The number of fused-ring (bicyclic) bond motifs is 2. The number of thiophene rings is 2. The second-order valence-electron chi connectivity index (χ2n) is 14.2. The minimum Gasteiger partial charge on any atom is -0.506 e. The van der Waals surface area contributed by atoms with Gasteiger partial charge in [0.2, 0.25) is 18.0 Å². The highest BCUT2D eigenvalue weighted by atomic mass is 32.1. The number of nitrogens with two attached hydrogens (primary N) is 1. The van der Waals surface area contributed by atoms with E-state index < -0.39 is 17.7 Å². The van der Waals surface area contributed by atoms with Crippen molar-refractivity contribution >= 4 is 50.9 Å². The molecule has 0 amide bonds. The van der Waals surface area contributed by atoms with Crippen molar-refractivity contribution in [3.8, 4) is 17.2 Å².